The summed E-state index contributed by atoms with van der Waals surface area (Å²) < 4.78 is 5.40. The van der Waals surface area contributed by atoms with Crippen LogP contribution in [0, 0.1) is 0 Å². The lowest BCUT2D eigenvalue weighted by Gasteiger charge is -2.41. The van der Waals surface area contributed by atoms with Crippen molar-refractivity contribution in [3.63, 3.8) is 0 Å². The van der Waals surface area contributed by atoms with E-state index in [1.54, 1.807) is 24.3 Å². The van der Waals surface area contributed by atoms with Crippen LogP contribution in [0.2, 0.25) is 5.02 Å². The Kier molecular flexibility index (Phi) is 4.51. The molecule has 0 aliphatic heterocycles. The Balaban J connectivity index is 1.81. The lowest BCUT2D eigenvalue weighted by atomic mass is 9.78. The van der Waals surface area contributed by atoms with Crippen LogP contribution in [-0.4, -0.2) is 23.4 Å². The second-order valence-corrected chi connectivity index (χ2v) is 5.56. The molecule has 5 heteroatoms. The van der Waals surface area contributed by atoms with Crippen molar-refractivity contribution in [2.45, 2.75) is 24.8 Å². The number of hydrogen-bond acceptors (Lipinski definition) is 2. The molecule has 1 aromatic carbocycles. The van der Waals surface area contributed by atoms with Gasteiger partial charge in [0.1, 0.15) is 5.75 Å². The minimum absolute atomic E-state index is 0.0229. The van der Waals surface area contributed by atoms with Crippen molar-refractivity contribution >= 4 is 33.4 Å². The van der Waals surface area contributed by atoms with Crippen LogP contribution in [0.4, 0.5) is 0 Å². The van der Waals surface area contributed by atoms with Gasteiger partial charge in [0.15, 0.2) is 6.61 Å². The monoisotopic (exact) mass is 331 g/mol. The van der Waals surface area contributed by atoms with Gasteiger partial charge in [-0.05, 0) is 37.5 Å². The molecular formula is C13H15BrClNO2. The number of benzene rings is 1. The molecule has 1 saturated carbocycles. The molecule has 18 heavy (non-hydrogen) atoms. The van der Waals surface area contributed by atoms with Crippen molar-refractivity contribution in [2.24, 2.45) is 0 Å². The lowest BCUT2D eigenvalue weighted by molar-refractivity contribution is -0.125. The number of nitrogens with one attached hydrogen (secondary N) is 1. The van der Waals surface area contributed by atoms with E-state index >= 15 is 0 Å². The van der Waals surface area contributed by atoms with Crippen molar-refractivity contribution in [1.29, 1.82) is 0 Å². The van der Waals surface area contributed by atoms with Crippen LogP contribution in [0.1, 0.15) is 19.3 Å². The molecular weight excluding hydrogens is 318 g/mol. The van der Waals surface area contributed by atoms with E-state index in [0.717, 1.165) is 18.2 Å². The number of carbonyl (C=O) groups excluding carboxylic acids is 1. The number of amides is 1. The molecule has 0 unspecified atom stereocenters. The summed E-state index contributed by atoms with van der Waals surface area (Å²) in [6.45, 7) is 0.0229. The molecule has 0 bridgehead atoms. The first-order valence-electron chi connectivity index (χ1n) is 5.89. The summed E-state index contributed by atoms with van der Waals surface area (Å²) in [4.78, 5) is 11.8. The maximum atomic E-state index is 11.8. The van der Waals surface area contributed by atoms with Crippen LogP contribution in [0.3, 0.4) is 0 Å². The first-order chi connectivity index (χ1) is 8.63. The van der Waals surface area contributed by atoms with E-state index in [0.29, 0.717) is 10.8 Å². The topological polar surface area (TPSA) is 38.3 Å². The Morgan fingerprint density at radius 3 is 2.83 bits per heavy atom. The van der Waals surface area contributed by atoms with E-state index < -0.39 is 0 Å². The largest absolute Gasteiger partial charge is 0.484 e. The molecule has 0 aromatic heterocycles. The quantitative estimate of drug-likeness (QED) is 0.841. The normalized spacial score (nSPS) is 16.8. The minimum Gasteiger partial charge on any atom is -0.484 e. The molecule has 2 rings (SSSR count). The summed E-state index contributed by atoms with van der Waals surface area (Å²) in [7, 11) is 0. The molecule has 3 nitrogen and oxygen atoms in total. The molecule has 98 valence electrons. The molecule has 1 fully saturated rings. The van der Waals surface area contributed by atoms with Gasteiger partial charge in [0, 0.05) is 15.9 Å². The first kappa shape index (κ1) is 13.7. The summed E-state index contributed by atoms with van der Waals surface area (Å²) in [5.74, 6) is 0.522. The molecule has 0 saturated heterocycles. The SMILES string of the molecule is O=C(COc1cccc(Cl)c1)NC1(CBr)CCC1. The van der Waals surface area contributed by atoms with Crippen molar-refractivity contribution in [3.8, 4) is 5.75 Å². The zero-order valence-electron chi connectivity index (χ0n) is 9.92. The number of alkyl halides is 1. The van der Waals surface area contributed by atoms with E-state index in [9.17, 15) is 4.79 Å². The predicted octanol–water partition coefficient (Wildman–Crippen LogP) is 3.15. The summed E-state index contributed by atoms with van der Waals surface area (Å²) in [6, 6.07) is 7.03. The molecule has 0 spiro atoms. The highest BCUT2D eigenvalue weighted by Crippen LogP contribution is 2.33. The molecule has 1 aliphatic carbocycles. The zero-order valence-corrected chi connectivity index (χ0v) is 12.3. The average molecular weight is 333 g/mol. The van der Waals surface area contributed by atoms with Crippen LogP contribution in [0.25, 0.3) is 0 Å². The van der Waals surface area contributed by atoms with Gasteiger partial charge < -0.3 is 10.1 Å². The number of rotatable bonds is 5. The standard InChI is InChI=1S/C13H15BrClNO2/c14-9-13(5-2-6-13)16-12(17)8-18-11-4-1-3-10(15)7-11/h1,3-4,7H,2,5-6,8-9H2,(H,16,17). The fraction of sp³-hybridized carbons (Fsp3) is 0.462. The van der Waals surface area contributed by atoms with Gasteiger partial charge in [-0.3, -0.25) is 4.79 Å². The molecule has 0 heterocycles. The number of halogens is 2. The third-order valence-electron chi connectivity index (χ3n) is 3.14. The maximum Gasteiger partial charge on any atom is 0.258 e. The van der Waals surface area contributed by atoms with Crippen LogP contribution in [-0.2, 0) is 4.79 Å². The van der Waals surface area contributed by atoms with Crippen molar-refractivity contribution in [3.05, 3.63) is 29.3 Å². The predicted molar refractivity (Wildman–Crippen MR) is 75.5 cm³/mol. The summed E-state index contributed by atoms with van der Waals surface area (Å²) in [6.07, 6.45) is 3.23. The Bertz CT molecular complexity index is 429. The van der Waals surface area contributed by atoms with Gasteiger partial charge in [0.25, 0.3) is 5.91 Å². The van der Waals surface area contributed by atoms with Gasteiger partial charge >= 0.3 is 0 Å². The van der Waals surface area contributed by atoms with Crippen LogP contribution >= 0.6 is 27.5 Å². The molecule has 1 N–H and O–H groups in total. The first-order valence-corrected chi connectivity index (χ1v) is 7.39. The van der Waals surface area contributed by atoms with Crippen molar-refractivity contribution in [2.75, 3.05) is 11.9 Å². The van der Waals surface area contributed by atoms with Gasteiger partial charge in [-0.2, -0.15) is 0 Å². The van der Waals surface area contributed by atoms with E-state index in [2.05, 4.69) is 21.2 Å². The Morgan fingerprint density at radius 1 is 1.50 bits per heavy atom. The summed E-state index contributed by atoms with van der Waals surface area (Å²) >= 11 is 9.28. The van der Waals surface area contributed by atoms with Crippen LogP contribution in [0.15, 0.2) is 24.3 Å². The summed E-state index contributed by atoms with van der Waals surface area (Å²) in [5.41, 5.74) is -0.0607. The van der Waals surface area contributed by atoms with Gasteiger partial charge in [-0.1, -0.05) is 33.6 Å². The Labute approximate surface area is 120 Å². The second kappa shape index (κ2) is 5.93. The minimum atomic E-state index is -0.0888. The van der Waals surface area contributed by atoms with Crippen LogP contribution in [0.5, 0.6) is 5.75 Å². The van der Waals surface area contributed by atoms with Crippen LogP contribution < -0.4 is 10.1 Å². The highest BCUT2D eigenvalue weighted by atomic mass is 79.9. The third kappa shape index (κ3) is 3.39. The average Bonchev–Trinajstić information content (AvgIpc) is 2.31. The Hall–Kier alpha value is -0.740. The van der Waals surface area contributed by atoms with E-state index in [4.69, 9.17) is 16.3 Å². The summed E-state index contributed by atoms with van der Waals surface area (Å²) in [5, 5.41) is 4.42. The second-order valence-electron chi connectivity index (χ2n) is 4.56. The van der Waals surface area contributed by atoms with E-state index in [-0.39, 0.29) is 18.1 Å². The highest BCUT2D eigenvalue weighted by Gasteiger charge is 2.37. The van der Waals surface area contributed by atoms with Gasteiger partial charge in [0.05, 0.1) is 0 Å². The van der Waals surface area contributed by atoms with Crippen molar-refractivity contribution < 1.29 is 9.53 Å². The van der Waals surface area contributed by atoms with Gasteiger partial charge in [0.2, 0.25) is 0 Å². The molecule has 0 atom stereocenters. The number of hydrogen-bond donors (Lipinski definition) is 1. The highest BCUT2D eigenvalue weighted by molar-refractivity contribution is 9.09. The lowest BCUT2D eigenvalue weighted by Crippen LogP contribution is -2.55. The number of carbonyl (C=O) groups is 1. The molecule has 1 aliphatic rings. The Morgan fingerprint density at radius 2 is 2.28 bits per heavy atom. The molecule has 1 aromatic rings. The van der Waals surface area contributed by atoms with Gasteiger partial charge in [-0.25, -0.2) is 0 Å². The van der Waals surface area contributed by atoms with Crippen molar-refractivity contribution in [1.82, 2.24) is 5.32 Å². The zero-order chi connectivity index (χ0) is 13.0. The van der Waals surface area contributed by atoms with E-state index in [1.807, 2.05) is 0 Å². The maximum absolute atomic E-state index is 11.8. The fourth-order valence-corrected chi connectivity index (χ4v) is 2.81. The molecule has 1 amide bonds. The van der Waals surface area contributed by atoms with E-state index in [1.165, 1.54) is 6.42 Å². The number of ether oxygens (including phenoxy) is 1. The smallest absolute Gasteiger partial charge is 0.258 e. The molecule has 0 radical (unpaired) electrons. The third-order valence-corrected chi connectivity index (χ3v) is 4.45. The van der Waals surface area contributed by atoms with Gasteiger partial charge in [-0.15, -0.1) is 0 Å². The fourth-order valence-electron chi connectivity index (χ4n) is 1.93.